The molecule has 0 spiro atoms. The largest absolute Gasteiger partial charge is 0.454 e. The molecule has 2 amide bonds. The third-order valence-corrected chi connectivity index (χ3v) is 5.71. The fourth-order valence-electron chi connectivity index (χ4n) is 2.53. The Labute approximate surface area is 189 Å². The molecule has 9 nitrogen and oxygen atoms in total. The zero-order chi connectivity index (χ0) is 24.6. The first-order valence-electron chi connectivity index (χ1n) is 9.75. The van der Waals surface area contributed by atoms with Crippen molar-refractivity contribution in [2.75, 3.05) is 18.5 Å². The maximum absolute atomic E-state index is 13.2. The van der Waals surface area contributed by atoms with Gasteiger partial charge in [-0.05, 0) is 30.2 Å². The highest BCUT2D eigenvalue weighted by Crippen LogP contribution is 2.13. The Hall–Kier alpha value is -3.38. The number of carbonyl (C=O) groups excluding carboxylic acids is 3. The van der Waals surface area contributed by atoms with Crippen LogP contribution in [0.3, 0.4) is 0 Å². The Morgan fingerprint density at radius 3 is 2.24 bits per heavy atom. The van der Waals surface area contributed by atoms with Crippen molar-refractivity contribution in [1.29, 1.82) is 0 Å². The topological polar surface area (TPSA) is 131 Å². The lowest BCUT2D eigenvalue weighted by atomic mass is 10.1. The fourth-order valence-corrected chi connectivity index (χ4v) is 3.88. The molecule has 33 heavy (non-hydrogen) atoms. The molecule has 0 saturated carbocycles. The minimum absolute atomic E-state index is 0.00921. The summed E-state index contributed by atoms with van der Waals surface area (Å²) in [5.41, 5.74) is -0.00921. The summed E-state index contributed by atoms with van der Waals surface area (Å²) in [7, 11) is -4.00. The van der Waals surface area contributed by atoms with Crippen LogP contribution in [-0.4, -0.2) is 45.4 Å². The van der Waals surface area contributed by atoms with Gasteiger partial charge < -0.3 is 15.4 Å². The summed E-state index contributed by atoms with van der Waals surface area (Å²) in [6.07, 6.45) is 0. The second-order valence-corrected chi connectivity index (χ2v) is 8.93. The van der Waals surface area contributed by atoms with Gasteiger partial charge in [0.15, 0.2) is 18.2 Å². The molecule has 0 radical (unpaired) electrons. The third-order valence-electron chi connectivity index (χ3n) is 4.25. The maximum atomic E-state index is 13.2. The van der Waals surface area contributed by atoms with Crippen molar-refractivity contribution in [3.05, 3.63) is 60.2 Å². The van der Waals surface area contributed by atoms with E-state index in [1.54, 1.807) is 19.9 Å². The van der Waals surface area contributed by atoms with Crippen LogP contribution in [0.2, 0.25) is 0 Å². The van der Waals surface area contributed by atoms with Crippen LogP contribution >= 0.6 is 0 Å². The molecule has 0 saturated heterocycles. The second-order valence-electron chi connectivity index (χ2n) is 7.22. The molecule has 0 aliphatic heterocycles. The van der Waals surface area contributed by atoms with Crippen LogP contribution < -0.4 is 15.4 Å². The van der Waals surface area contributed by atoms with Gasteiger partial charge in [-0.25, -0.2) is 17.2 Å². The van der Waals surface area contributed by atoms with Gasteiger partial charge in [0.1, 0.15) is 6.04 Å². The number of hydrogen-bond acceptors (Lipinski definition) is 6. The summed E-state index contributed by atoms with van der Waals surface area (Å²) < 4.78 is 58.1. The number of ether oxygens (including phenoxy) is 1. The molecule has 1 atom stereocenters. The van der Waals surface area contributed by atoms with Crippen molar-refractivity contribution in [2.45, 2.75) is 24.8 Å². The predicted molar refractivity (Wildman–Crippen MR) is 114 cm³/mol. The van der Waals surface area contributed by atoms with Gasteiger partial charge in [-0.1, -0.05) is 32.0 Å². The smallest absolute Gasteiger partial charge is 0.324 e. The highest BCUT2D eigenvalue weighted by Gasteiger charge is 2.30. The van der Waals surface area contributed by atoms with Crippen LogP contribution in [0.25, 0.3) is 0 Å². The molecular formula is C21H23F2N3O6S. The molecule has 0 aliphatic rings. The van der Waals surface area contributed by atoms with E-state index in [-0.39, 0.29) is 10.6 Å². The number of carbonyl (C=O) groups is 3. The van der Waals surface area contributed by atoms with Crippen LogP contribution in [-0.2, 0) is 29.1 Å². The van der Waals surface area contributed by atoms with Gasteiger partial charge in [-0.3, -0.25) is 14.4 Å². The average molecular weight is 483 g/mol. The average Bonchev–Trinajstić information content (AvgIpc) is 2.77. The lowest BCUT2D eigenvalue weighted by Crippen LogP contribution is -2.46. The molecular weight excluding hydrogens is 460 g/mol. The van der Waals surface area contributed by atoms with Crippen LogP contribution in [0.4, 0.5) is 14.5 Å². The molecule has 2 aromatic rings. The predicted octanol–water partition coefficient (Wildman–Crippen LogP) is 1.57. The number of amides is 2. The van der Waals surface area contributed by atoms with Crippen molar-refractivity contribution in [2.24, 2.45) is 5.92 Å². The summed E-state index contributed by atoms with van der Waals surface area (Å²) in [5.74, 6) is -5.22. The van der Waals surface area contributed by atoms with Crippen molar-refractivity contribution >= 4 is 33.5 Å². The van der Waals surface area contributed by atoms with E-state index in [0.29, 0.717) is 0 Å². The summed E-state index contributed by atoms with van der Waals surface area (Å²) in [6, 6.07) is 8.94. The van der Waals surface area contributed by atoms with Crippen LogP contribution in [0.1, 0.15) is 13.8 Å². The van der Waals surface area contributed by atoms with E-state index in [4.69, 9.17) is 4.74 Å². The molecule has 12 heteroatoms. The van der Waals surface area contributed by atoms with Crippen molar-refractivity contribution < 1.29 is 36.3 Å². The van der Waals surface area contributed by atoms with E-state index < -0.39 is 64.6 Å². The molecule has 0 heterocycles. The summed E-state index contributed by atoms with van der Waals surface area (Å²) in [6.45, 7) is 1.92. The minimum Gasteiger partial charge on any atom is -0.454 e. The molecule has 2 aromatic carbocycles. The summed E-state index contributed by atoms with van der Waals surface area (Å²) in [4.78, 5) is 36.0. The zero-order valence-corrected chi connectivity index (χ0v) is 18.6. The molecule has 178 valence electrons. The monoisotopic (exact) mass is 483 g/mol. The lowest BCUT2D eigenvalue weighted by Gasteiger charge is -2.20. The number of esters is 1. The number of nitrogens with one attached hydrogen (secondary N) is 3. The Morgan fingerprint density at radius 2 is 1.64 bits per heavy atom. The first-order chi connectivity index (χ1) is 15.5. The number of benzene rings is 2. The van der Waals surface area contributed by atoms with E-state index in [2.05, 4.69) is 15.4 Å². The van der Waals surface area contributed by atoms with E-state index in [1.807, 2.05) is 0 Å². The fraction of sp³-hybridized carbons (Fsp3) is 0.286. The normalized spacial score (nSPS) is 12.2. The lowest BCUT2D eigenvalue weighted by molar-refractivity contribution is -0.151. The van der Waals surface area contributed by atoms with E-state index in [9.17, 15) is 31.6 Å². The van der Waals surface area contributed by atoms with Crippen LogP contribution in [0.5, 0.6) is 0 Å². The number of rotatable bonds is 10. The van der Waals surface area contributed by atoms with Crippen molar-refractivity contribution in [1.82, 2.24) is 10.0 Å². The Bertz CT molecular complexity index is 1110. The first kappa shape index (κ1) is 25.9. The standard InChI is InChI=1S/C21H23F2N3O6S/c1-13(2)20(26-33(30,31)15-6-4-3-5-7-15)21(29)32-12-19(28)24-11-18(27)25-14-8-9-16(22)17(23)10-14/h3-10,13,20,26H,11-12H2,1-2H3,(H,24,28)(H,25,27)/t20-/m0/s1. The number of anilines is 1. The Morgan fingerprint density at radius 1 is 0.970 bits per heavy atom. The molecule has 0 bridgehead atoms. The highest BCUT2D eigenvalue weighted by atomic mass is 32.2. The second kappa shape index (κ2) is 11.5. The molecule has 0 aromatic heterocycles. The molecule has 0 fully saturated rings. The maximum Gasteiger partial charge on any atom is 0.324 e. The third kappa shape index (κ3) is 7.91. The Balaban J connectivity index is 1.85. The van der Waals surface area contributed by atoms with Crippen molar-refractivity contribution in [3.63, 3.8) is 0 Å². The van der Waals surface area contributed by atoms with Crippen LogP contribution in [0, 0.1) is 17.6 Å². The van der Waals surface area contributed by atoms with Gasteiger partial charge in [-0.2, -0.15) is 4.72 Å². The minimum atomic E-state index is -4.00. The van der Waals surface area contributed by atoms with Gasteiger partial charge in [0.25, 0.3) is 5.91 Å². The Kier molecular flexibility index (Phi) is 9.00. The molecule has 2 rings (SSSR count). The number of halogens is 2. The summed E-state index contributed by atoms with van der Waals surface area (Å²) >= 11 is 0. The highest BCUT2D eigenvalue weighted by molar-refractivity contribution is 7.89. The molecule has 0 aliphatic carbocycles. The first-order valence-corrected chi connectivity index (χ1v) is 11.2. The molecule has 0 unspecified atom stereocenters. The van der Waals surface area contributed by atoms with E-state index in [0.717, 1.165) is 18.2 Å². The van der Waals surface area contributed by atoms with Gasteiger partial charge in [0, 0.05) is 11.8 Å². The number of sulfonamides is 1. The van der Waals surface area contributed by atoms with Gasteiger partial charge >= 0.3 is 5.97 Å². The van der Waals surface area contributed by atoms with Gasteiger partial charge in [0.2, 0.25) is 15.9 Å². The zero-order valence-electron chi connectivity index (χ0n) is 17.8. The van der Waals surface area contributed by atoms with Crippen LogP contribution in [0.15, 0.2) is 53.4 Å². The SMILES string of the molecule is CC(C)[C@H](NS(=O)(=O)c1ccccc1)C(=O)OCC(=O)NCC(=O)Nc1ccc(F)c(F)c1. The molecule has 3 N–H and O–H groups in total. The quantitative estimate of drug-likeness (QED) is 0.440. The van der Waals surface area contributed by atoms with E-state index >= 15 is 0 Å². The number of hydrogen-bond donors (Lipinski definition) is 3. The van der Waals surface area contributed by atoms with Gasteiger partial charge in [-0.15, -0.1) is 0 Å². The summed E-state index contributed by atoms with van der Waals surface area (Å²) in [5, 5.41) is 4.45. The van der Waals surface area contributed by atoms with Crippen molar-refractivity contribution in [3.8, 4) is 0 Å². The van der Waals surface area contributed by atoms with Gasteiger partial charge in [0.05, 0.1) is 11.4 Å². The van der Waals surface area contributed by atoms with E-state index in [1.165, 1.54) is 24.3 Å².